The molecule has 0 aliphatic carbocycles. The number of aromatic nitrogens is 5. The molecule has 0 aliphatic rings. The van der Waals surface area contributed by atoms with Crippen molar-refractivity contribution in [3.63, 3.8) is 0 Å². The first-order valence-corrected chi connectivity index (χ1v) is 7.58. The van der Waals surface area contributed by atoms with E-state index >= 15 is 0 Å². The Morgan fingerprint density at radius 2 is 1.92 bits per heavy atom. The highest BCUT2D eigenvalue weighted by atomic mass is 16.6. The van der Waals surface area contributed by atoms with Gasteiger partial charge in [-0.2, -0.15) is 9.67 Å². The van der Waals surface area contributed by atoms with Crippen LogP contribution in [0.3, 0.4) is 0 Å². The van der Waals surface area contributed by atoms with Crippen LogP contribution in [0.4, 0.5) is 10.7 Å². The summed E-state index contributed by atoms with van der Waals surface area (Å²) < 4.78 is 6.79. The molecule has 0 bridgehead atoms. The largest absolute Gasteiger partial charge is 0.444 e. The predicted molar refractivity (Wildman–Crippen MR) is 89.1 cm³/mol. The highest BCUT2D eigenvalue weighted by molar-refractivity contribution is 5.68. The van der Waals surface area contributed by atoms with E-state index < -0.39 is 17.7 Å². The van der Waals surface area contributed by atoms with Gasteiger partial charge >= 0.3 is 6.09 Å². The van der Waals surface area contributed by atoms with Crippen LogP contribution in [-0.4, -0.2) is 50.5 Å². The van der Waals surface area contributed by atoms with Crippen molar-refractivity contribution in [2.24, 2.45) is 0 Å². The zero-order valence-electron chi connectivity index (χ0n) is 14.8. The van der Waals surface area contributed by atoms with Crippen LogP contribution in [0.1, 0.15) is 39.6 Å². The lowest BCUT2D eigenvalue weighted by atomic mass is 10.2. The van der Waals surface area contributed by atoms with E-state index in [9.17, 15) is 4.79 Å². The van der Waals surface area contributed by atoms with Gasteiger partial charge in [0.05, 0.1) is 6.04 Å². The molecule has 1 atom stereocenters. The Balaban J connectivity index is 2.29. The van der Waals surface area contributed by atoms with E-state index in [1.807, 2.05) is 34.9 Å². The number of anilines is 1. The molecule has 2 heterocycles. The van der Waals surface area contributed by atoms with Gasteiger partial charge in [0.25, 0.3) is 5.95 Å². The Bertz CT molecular complexity index is 692. The summed E-state index contributed by atoms with van der Waals surface area (Å²) in [6.45, 7) is 7.22. The van der Waals surface area contributed by atoms with Crippen molar-refractivity contribution in [2.75, 3.05) is 19.0 Å². The van der Waals surface area contributed by atoms with E-state index in [1.54, 1.807) is 30.3 Å². The number of carbonyl (C=O) groups is 1. The number of carbonyl (C=O) groups excluding carboxylic acids is 1. The van der Waals surface area contributed by atoms with Gasteiger partial charge in [-0.25, -0.2) is 14.8 Å². The van der Waals surface area contributed by atoms with Crippen molar-refractivity contribution in [3.8, 4) is 5.95 Å². The number of hydrogen-bond donors (Lipinski definition) is 1. The van der Waals surface area contributed by atoms with E-state index in [2.05, 4.69) is 25.4 Å². The highest BCUT2D eigenvalue weighted by Crippen LogP contribution is 2.17. The first-order chi connectivity index (χ1) is 11.2. The third-order valence-corrected chi connectivity index (χ3v) is 2.88. The predicted octanol–water partition coefficient (Wildman–Crippen LogP) is 1.71. The second kappa shape index (κ2) is 6.81. The lowest BCUT2D eigenvalue weighted by Gasteiger charge is -2.21. The molecule has 130 valence electrons. The molecule has 2 aromatic heterocycles. The summed E-state index contributed by atoms with van der Waals surface area (Å²) in [5.41, 5.74) is -0.575. The fourth-order valence-corrected chi connectivity index (χ4v) is 1.88. The summed E-state index contributed by atoms with van der Waals surface area (Å²) in [7, 11) is 3.67. The summed E-state index contributed by atoms with van der Waals surface area (Å²) in [5, 5.41) is 7.15. The minimum Gasteiger partial charge on any atom is -0.444 e. The number of alkyl carbamates (subject to hydrolysis) is 1. The van der Waals surface area contributed by atoms with Gasteiger partial charge in [-0.3, -0.25) is 0 Å². The van der Waals surface area contributed by atoms with Crippen LogP contribution < -0.4 is 10.2 Å². The molecule has 9 heteroatoms. The van der Waals surface area contributed by atoms with Crippen LogP contribution in [0.25, 0.3) is 5.95 Å². The molecule has 0 radical (unpaired) electrons. The summed E-state index contributed by atoms with van der Waals surface area (Å²) in [5.74, 6) is 1.39. The third-order valence-electron chi connectivity index (χ3n) is 2.88. The molecular formula is C15H23N7O2. The zero-order chi connectivity index (χ0) is 17.9. The Hall–Kier alpha value is -2.71. The normalized spacial score (nSPS) is 12.6. The lowest BCUT2D eigenvalue weighted by molar-refractivity contribution is 0.0505. The minimum absolute atomic E-state index is 0.380. The van der Waals surface area contributed by atoms with Gasteiger partial charge in [0.1, 0.15) is 5.60 Å². The SMILES string of the molecule is CC(NC(=O)OC(C)(C)C)c1nc(N(C)C)nn1-c1ncccn1. The number of ether oxygens (including phenoxy) is 1. The fraction of sp³-hybridized carbons (Fsp3) is 0.533. The maximum Gasteiger partial charge on any atom is 0.408 e. The molecule has 0 saturated heterocycles. The molecule has 1 amide bonds. The van der Waals surface area contributed by atoms with Gasteiger partial charge in [-0.15, -0.1) is 5.10 Å². The number of nitrogens with zero attached hydrogens (tertiary/aromatic N) is 6. The number of nitrogens with one attached hydrogen (secondary N) is 1. The van der Waals surface area contributed by atoms with E-state index in [4.69, 9.17) is 4.74 Å². The number of rotatable bonds is 4. The molecule has 0 saturated carbocycles. The van der Waals surface area contributed by atoms with Gasteiger partial charge in [0.15, 0.2) is 5.82 Å². The van der Waals surface area contributed by atoms with Crippen LogP contribution in [0.15, 0.2) is 18.5 Å². The van der Waals surface area contributed by atoms with Gasteiger partial charge in [-0.05, 0) is 33.8 Å². The maximum absolute atomic E-state index is 12.0. The summed E-state index contributed by atoms with van der Waals surface area (Å²) in [6, 6.07) is 1.28. The Morgan fingerprint density at radius 3 is 2.46 bits per heavy atom. The molecule has 24 heavy (non-hydrogen) atoms. The molecule has 0 aromatic carbocycles. The van der Waals surface area contributed by atoms with Gasteiger partial charge in [0, 0.05) is 26.5 Å². The average molecular weight is 333 g/mol. The monoisotopic (exact) mass is 333 g/mol. The second-order valence-electron chi connectivity index (χ2n) is 6.49. The third kappa shape index (κ3) is 4.40. The van der Waals surface area contributed by atoms with Crippen LogP contribution >= 0.6 is 0 Å². The Labute approximate surface area is 141 Å². The Kier molecular flexibility index (Phi) is 5.01. The molecule has 0 spiro atoms. The molecule has 0 aliphatic heterocycles. The minimum atomic E-state index is -0.575. The van der Waals surface area contributed by atoms with E-state index in [0.717, 1.165) is 0 Å². The average Bonchev–Trinajstić information content (AvgIpc) is 2.91. The topological polar surface area (TPSA) is 98.1 Å². The standard InChI is InChI=1S/C15H23N7O2/c1-10(18-14(23)24-15(2,3)4)11-19-13(21(5)6)20-22(11)12-16-8-7-9-17-12/h7-10H,1-6H3,(H,18,23). The lowest BCUT2D eigenvalue weighted by Crippen LogP contribution is -2.35. The molecule has 9 nitrogen and oxygen atoms in total. The number of amides is 1. The van der Waals surface area contributed by atoms with Crippen molar-refractivity contribution < 1.29 is 9.53 Å². The summed E-state index contributed by atoms with van der Waals surface area (Å²) in [4.78, 5) is 26.6. The summed E-state index contributed by atoms with van der Waals surface area (Å²) >= 11 is 0. The van der Waals surface area contributed by atoms with E-state index in [0.29, 0.717) is 17.7 Å². The molecule has 1 unspecified atom stereocenters. The number of hydrogen-bond acceptors (Lipinski definition) is 7. The fourth-order valence-electron chi connectivity index (χ4n) is 1.88. The van der Waals surface area contributed by atoms with Crippen LogP contribution in [0.2, 0.25) is 0 Å². The highest BCUT2D eigenvalue weighted by Gasteiger charge is 2.24. The quantitative estimate of drug-likeness (QED) is 0.909. The van der Waals surface area contributed by atoms with Crippen LogP contribution in [-0.2, 0) is 4.74 Å². The Morgan fingerprint density at radius 1 is 1.29 bits per heavy atom. The molecule has 1 N–H and O–H groups in total. The molecule has 2 rings (SSSR count). The summed E-state index contributed by atoms with van der Waals surface area (Å²) in [6.07, 6.45) is 2.72. The van der Waals surface area contributed by atoms with Gasteiger partial charge in [0.2, 0.25) is 5.95 Å². The molecular weight excluding hydrogens is 310 g/mol. The smallest absolute Gasteiger partial charge is 0.408 e. The van der Waals surface area contributed by atoms with E-state index in [-0.39, 0.29) is 0 Å². The van der Waals surface area contributed by atoms with Crippen molar-refractivity contribution in [1.82, 2.24) is 30.0 Å². The van der Waals surface area contributed by atoms with Crippen molar-refractivity contribution in [2.45, 2.75) is 39.3 Å². The van der Waals surface area contributed by atoms with E-state index in [1.165, 1.54) is 4.68 Å². The first kappa shape index (κ1) is 17.6. The second-order valence-corrected chi connectivity index (χ2v) is 6.49. The van der Waals surface area contributed by atoms with Crippen molar-refractivity contribution in [1.29, 1.82) is 0 Å². The van der Waals surface area contributed by atoms with Crippen LogP contribution in [0, 0.1) is 0 Å². The van der Waals surface area contributed by atoms with Gasteiger partial charge < -0.3 is 15.0 Å². The van der Waals surface area contributed by atoms with Crippen molar-refractivity contribution in [3.05, 3.63) is 24.3 Å². The zero-order valence-corrected chi connectivity index (χ0v) is 14.8. The molecule has 2 aromatic rings. The molecule has 0 fully saturated rings. The van der Waals surface area contributed by atoms with Crippen molar-refractivity contribution >= 4 is 12.0 Å². The first-order valence-electron chi connectivity index (χ1n) is 7.58. The van der Waals surface area contributed by atoms with Gasteiger partial charge in [-0.1, -0.05) is 0 Å². The van der Waals surface area contributed by atoms with Crippen LogP contribution in [0.5, 0.6) is 0 Å². The maximum atomic E-state index is 12.0.